The van der Waals surface area contributed by atoms with Gasteiger partial charge in [0.2, 0.25) is 5.91 Å². The predicted molar refractivity (Wildman–Crippen MR) is 66.8 cm³/mol. The summed E-state index contributed by atoms with van der Waals surface area (Å²) in [5.74, 6) is 0.657. The average Bonchev–Trinajstić information content (AvgIpc) is 2.25. The van der Waals surface area contributed by atoms with E-state index in [9.17, 15) is 4.79 Å². The molecule has 3 N–H and O–H groups in total. The first kappa shape index (κ1) is 12.6. The van der Waals surface area contributed by atoms with Crippen LogP contribution in [0.5, 0.6) is 0 Å². The lowest BCUT2D eigenvalue weighted by atomic mass is 10.1. The maximum atomic E-state index is 11.5. The van der Waals surface area contributed by atoms with Gasteiger partial charge in [0.1, 0.15) is 0 Å². The second-order valence-corrected chi connectivity index (χ2v) is 4.41. The lowest BCUT2D eigenvalue weighted by Crippen LogP contribution is -2.23. The van der Waals surface area contributed by atoms with Crippen molar-refractivity contribution in [2.24, 2.45) is 5.92 Å². The fourth-order valence-electron chi connectivity index (χ4n) is 1.40. The Labute approximate surface area is 97.0 Å². The highest BCUT2D eigenvalue weighted by Gasteiger charge is 2.04. The van der Waals surface area contributed by atoms with Crippen molar-refractivity contribution >= 4 is 11.6 Å². The summed E-state index contributed by atoms with van der Waals surface area (Å²) in [4.78, 5) is 11.5. The third-order valence-corrected chi connectivity index (χ3v) is 2.48. The lowest BCUT2D eigenvalue weighted by molar-refractivity contribution is -0.121. The summed E-state index contributed by atoms with van der Waals surface area (Å²) >= 11 is 0. The summed E-state index contributed by atoms with van der Waals surface area (Å²) in [5.41, 5.74) is 7.48. The normalized spacial score (nSPS) is 10.4. The summed E-state index contributed by atoms with van der Waals surface area (Å²) in [6.07, 6.45) is 1.51. The van der Waals surface area contributed by atoms with Crippen LogP contribution in [0.3, 0.4) is 0 Å². The zero-order chi connectivity index (χ0) is 12.0. The van der Waals surface area contributed by atoms with Crippen molar-refractivity contribution in [1.82, 2.24) is 5.32 Å². The van der Waals surface area contributed by atoms with Gasteiger partial charge >= 0.3 is 0 Å². The molecule has 3 nitrogen and oxygen atoms in total. The smallest absolute Gasteiger partial charge is 0.220 e. The van der Waals surface area contributed by atoms with Crippen molar-refractivity contribution in [2.75, 3.05) is 5.73 Å². The Balaban J connectivity index is 2.35. The van der Waals surface area contributed by atoms with Gasteiger partial charge in [-0.3, -0.25) is 4.79 Å². The van der Waals surface area contributed by atoms with Crippen molar-refractivity contribution in [3.05, 3.63) is 29.8 Å². The Morgan fingerprint density at radius 3 is 2.69 bits per heavy atom. The molecule has 0 unspecified atom stereocenters. The summed E-state index contributed by atoms with van der Waals surface area (Å²) < 4.78 is 0. The Bertz CT molecular complexity index is 348. The number of benzene rings is 1. The number of hydrogen-bond donors (Lipinski definition) is 2. The molecule has 0 atom stereocenters. The molecule has 0 aliphatic carbocycles. The highest BCUT2D eigenvalue weighted by Crippen LogP contribution is 2.10. The highest BCUT2D eigenvalue weighted by molar-refractivity contribution is 5.76. The molecule has 0 saturated carbocycles. The molecule has 1 amide bonds. The molecule has 0 bridgehead atoms. The first-order chi connectivity index (χ1) is 7.59. The van der Waals surface area contributed by atoms with Crippen molar-refractivity contribution in [3.8, 4) is 0 Å². The molecule has 0 radical (unpaired) electrons. The van der Waals surface area contributed by atoms with Crippen LogP contribution in [0.4, 0.5) is 5.69 Å². The van der Waals surface area contributed by atoms with E-state index in [1.165, 1.54) is 0 Å². The largest absolute Gasteiger partial charge is 0.398 e. The van der Waals surface area contributed by atoms with E-state index in [1.807, 2.05) is 24.3 Å². The predicted octanol–water partition coefficient (Wildman–Crippen LogP) is 2.32. The number of nitrogen functional groups attached to an aromatic ring is 1. The number of nitrogens with one attached hydrogen (secondary N) is 1. The van der Waals surface area contributed by atoms with Gasteiger partial charge in [0, 0.05) is 18.7 Å². The van der Waals surface area contributed by atoms with Crippen molar-refractivity contribution in [2.45, 2.75) is 33.2 Å². The topological polar surface area (TPSA) is 55.1 Å². The molecule has 0 heterocycles. The summed E-state index contributed by atoms with van der Waals surface area (Å²) in [6, 6.07) is 7.58. The number of nitrogens with two attached hydrogens (primary N) is 1. The first-order valence-corrected chi connectivity index (χ1v) is 5.69. The molecule has 88 valence electrons. The number of rotatable bonds is 5. The SMILES string of the molecule is CC(C)CCC(=O)NCc1ccccc1N. The average molecular weight is 220 g/mol. The maximum Gasteiger partial charge on any atom is 0.220 e. The number of carbonyl (C=O) groups is 1. The van der Waals surface area contributed by atoms with E-state index in [0.29, 0.717) is 18.9 Å². The summed E-state index contributed by atoms with van der Waals surface area (Å²) in [7, 11) is 0. The molecule has 0 saturated heterocycles. The molecule has 16 heavy (non-hydrogen) atoms. The molecule has 0 fully saturated rings. The van der Waals surface area contributed by atoms with Crippen LogP contribution < -0.4 is 11.1 Å². The van der Waals surface area contributed by atoms with Crippen molar-refractivity contribution in [1.29, 1.82) is 0 Å². The van der Waals surface area contributed by atoms with Gasteiger partial charge in [-0.15, -0.1) is 0 Å². The maximum absolute atomic E-state index is 11.5. The third-order valence-electron chi connectivity index (χ3n) is 2.48. The monoisotopic (exact) mass is 220 g/mol. The number of anilines is 1. The number of amides is 1. The molecular formula is C13H20N2O. The molecule has 3 heteroatoms. The van der Waals surface area contributed by atoms with Crippen LogP contribution in [0.15, 0.2) is 24.3 Å². The minimum atomic E-state index is 0.0944. The first-order valence-electron chi connectivity index (χ1n) is 5.69. The zero-order valence-corrected chi connectivity index (χ0v) is 9.99. The minimum absolute atomic E-state index is 0.0944. The van der Waals surface area contributed by atoms with E-state index in [0.717, 1.165) is 17.7 Å². The van der Waals surface area contributed by atoms with Gasteiger partial charge in [-0.1, -0.05) is 32.0 Å². The van der Waals surface area contributed by atoms with Crippen LogP contribution in [0, 0.1) is 5.92 Å². The van der Waals surface area contributed by atoms with Gasteiger partial charge in [0.15, 0.2) is 0 Å². The highest BCUT2D eigenvalue weighted by atomic mass is 16.1. The van der Waals surface area contributed by atoms with E-state index in [2.05, 4.69) is 19.2 Å². The number of carbonyl (C=O) groups excluding carboxylic acids is 1. The van der Waals surface area contributed by atoms with E-state index in [-0.39, 0.29) is 5.91 Å². The van der Waals surface area contributed by atoms with Crippen LogP contribution in [-0.4, -0.2) is 5.91 Å². The lowest BCUT2D eigenvalue weighted by Gasteiger charge is -2.08. The number of para-hydroxylation sites is 1. The Morgan fingerprint density at radius 2 is 2.06 bits per heavy atom. The van der Waals surface area contributed by atoms with Gasteiger partial charge in [-0.25, -0.2) is 0 Å². The van der Waals surface area contributed by atoms with Crippen LogP contribution in [0.1, 0.15) is 32.3 Å². The van der Waals surface area contributed by atoms with E-state index < -0.39 is 0 Å². The molecular weight excluding hydrogens is 200 g/mol. The number of hydrogen-bond acceptors (Lipinski definition) is 2. The minimum Gasteiger partial charge on any atom is -0.398 e. The Morgan fingerprint density at radius 1 is 1.38 bits per heavy atom. The van der Waals surface area contributed by atoms with Crippen molar-refractivity contribution in [3.63, 3.8) is 0 Å². The molecule has 0 aromatic heterocycles. The van der Waals surface area contributed by atoms with Crippen LogP contribution in [0.25, 0.3) is 0 Å². The standard InChI is InChI=1S/C13H20N2O/c1-10(2)7-8-13(16)15-9-11-5-3-4-6-12(11)14/h3-6,10H,7-9,14H2,1-2H3,(H,15,16). The van der Waals surface area contributed by atoms with E-state index in [4.69, 9.17) is 5.73 Å². The van der Waals surface area contributed by atoms with Crippen LogP contribution in [-0.2, 0) is 11.3 Å². The van der Waals surface area contributed by atoms with Gasteiger partial charge in [0.25, 0.3) is 0 Å². The molecule has 1 aromatic carbocycles. The van der Waals surface area contributed by atoms with Crippen LogP contribution >= 0.6 is 0 Å². The van der Waals surface area contributed by atoms with E-state index >= 15 is 0 Å². The van der Waals surface area contributed by atoms with E-state index in [1.54, 1.807) is 0 Å². The quantitative estimate of drug-likeness (QED) is 0.748. The fraction of sp³-hybridized carbons (Fsp3) is 0.462. The second kappa shape index (κ2) is 6.16. The summed E-state index contributed by atoms with van der Waals surface area (Å²) in [5, 5.41) is 2.88. The molecule has 0 aliphatic heterocycles. The fourth-order valence-corrected chi connectivity index (χ4v) is 1.40. The van der Waals surface area contributed by atoms with Crippen LogP contribution in [0.2, 0.25) is 0 Å². The van der Waals surface area contributed by atoms with Crippen molar-refractivity contribution < 1.29 is 4.79 Å². The molecule has 1 aromatic rings. The third kappa shape index (κ3) is 4.34. The van der Waals surface area contributed by atoms with Gasteiger partial charge in [-0.2, -0.15) is 0 Å². The Kier molecular flexibility index (Phi) is 4.83. The second-order valence-electron chi connectivity index (χ2n) is 4.41. The van der Waals surface area contributed by atoms with Gasteiger partial charge in [-0.05, 0) is 24.0 Å². The zero-order valence-electron chi connectivity index (χ0n) is 9.99. The van der Waals surface area contributed by atoms with Gasteiger partial charge in [0.05, 0.1) is 0 Å². The molecule has 0 aliphatic rings. The Hall–Kier alpha value is -1.51. The molecule has 1 rings (SSSR count). The van der Waals surface area contributed by atoms with Gasteiger partial charge < -0.3 is 11.1 Å². The molecule has 0 spiro atoms. The summed E-state index contributed by atoms with van der Waals surface area (Å²) in [6.45, 7) is 4.74.